The Labute approximate surface area is 200 Å². The number of rotatable bonds is 3. The molecule has 1 aliphatic heterocycles. The van der Waals surface area contributed by atoms with Crippen LogP contribution in [0.1, 0.15) is 30.1 Å². The molecule has 0 unspecified atom stereocenters. The first-order valence-corrected chi connectivity index (χ1v) is 12.1. The summed E-state index contributed by atoms with van der Waals surface area (Å²) >= 11 is 7.83. The van der Waals surface area contributed by atoms with Gasteiger partial charge in [-0.1, -0.05) is 29.4 Å². The standard InChI is InChI=1S/C23H23ClN8S/c24-18-16(3-7-28-20(18)26)33-17-13-30-22(32-11-8-29-21(17)32)31-9-4-23(5-10-31)12-15-14(19(23)25)2-1-6-27-15/h1-3,6-8,11,13,19H,4-5,9-10,12,25H2,(H2,26,28)/t19-/m0/s1. The van der Waals surface area contributed by atoms with Gasteiger partial charge in [-0.05, 0) is 42.4 Å². The molecule has 33 heavy (non-hydrogen) atoms. The molecule has 6 rings (SSSR count). The van der Waals surface area contributed by atoms with Crippen molar-refractivity contribution in [1.82, 2.24) is 24.3 Å². The normalized spacial score (nSPS) is 19.3. The van der Waals surface area contributed by atoms with E-state index in [1.807, 2.05) is 35.1 Å². The summed E-state index contributed by atoms with van der Waals surface area (Å²) in [7, 11) is 0. The van der Waals surface area contributed by atoms with Crippen LogP contribution in [-0.2, 0) is 6.42 Å². The molecule has 4 N–H and O–H groups in total. The molecule has 4 aromatic rings. The number of hydrogen-bond donors (Lipinski definition) is 2. The first-order valence-electron chi connectivity index (χ1n) is 10.9. The number of hydrogen-bond acceptors (Lipinski definition) is 8. The molecule has 0 bridgehead atoms. The largest absolute Gasteiger partial charge is 0.382 e. The number of piperidine rings is 1. The molecule has 10 heteroatoms. The molecule has 4 aromatic heterocycles. The van der Waals surface area contributed by atoms with Crippen LogP contribution in [0.3, 0.4) is 0 Å². The van der Waals surface area contributed by atoms with Crippen LogP contribution >= 0.6 is 23.4 Å². The molecule has 168 valence electrons. The van der Waals surface area contributed by atoms with Gasteiger partial charge in [-0.15, -0.1) is 0 Å². The van der Waals surface area contributed by atoms with Crippen molar-refractivity contribution in [2.75, 3.05) is 23.7 Å². The summed E-state index contributed by atoms with van der Waals surface area (Å²) in [6, 6.07) is 6.00. The van der Waals surface area contributed by atoms with Gasteiger partial charge in [0.25, 0.3) is 0 Å². The Morgan fingerprint density at radius 2 is 1.88 bits per heavy atom. The van der Waals surface area contributed by atoms with Gasteiger partial charge in [-0.3, -0.25) is 9.38 Å². The van der Waals surface area contributed by atoms with E-state index >= 15 is 0 Å². The first kappa shape index (κ1) is 20.7. The van der Waals surface area contributed by atoms with Crippen LogP contribution in [0.2, 0.25) is 5.02 Å². The molecule has 1 fully saturated rings. The SMILES string of the molecule is Nc1nccc(Sc2cnc(N3CCC4(CC3)Cc3ncccc3[C@@H]4N)n3ccnc23)c1Cl. The van der Waals surface area contributed by atoms with Crippen LogP contribution in [-0.4, -0.2) is 37.4 Å². The van der Waals surface area contributed by atoms with Gasteiger partial charge in [0.1, 0.15) is 5.82 Å². The average Bonchev–Trinajstić information content (AvgIpc) is 3.42. The molecule has 1 atom stereocenters. The topological polar surface area (TPSA) is 111 Å². The highest BCUT2D eigenvalue weighted by Gasteiger charge is 2.46. The van der Waals surface area contributed by atoms with E-state index in [1.165, 1.54) is 17.3 Å². The Morgan fingerprint density at radius 1 is 1.03 bits per heavy atom. The van der Waals surface area contributed by atoms with Crippen molar-refractivity contribution >= 4 is 40.8 Å². The van der Waals surface area contributed by atoms with E-state index in [1.54, 1.807) is 12.4 Å². The number of nitrogen functional groups attached to an aromatic ring is 1. The summed E-state index contributed by atoms with van der Waals surface area (Å²) in [5, 5.41) is 0.445. The fourth-order valence-corrected chi connectivity index (χ4v) is 6.26. The molecule has 0 aromatic carbocycles. The molecule has 0 saturated carbocycles. The minimum atomic E-state index is 0.0425. The van der Waals surface area contributed by atoms with Gasteiger partial charge in [0, 0.05) is 60.7 Å². The van der Waals surface area contributed by atoms with E-state index in [4.69, 9.17) is 28.1 Å². The summed E-state index contributed by atoms with van der Waals surface area (Å²) < 4.78 is 2.05. The summed E-state index contributed by atoms with van der Waals surface area (Å²) in [5.74, 6) is 1.21. The molecular weight excluding hydrogens is 456 g/mol. The van der Waals surface area contributed by atoms with Crippen molar-refractivity contribution in [3.63, 3.8) is 0 Å². The highest BCUT2D eigenvalue weighted by molar-refractivity contribution is 7.99. The van der Waals surface area contributed by atoms with Gasteiger partial charge in [0.2, 0.25) is 5.95 Å². The Hall–Kier alpha value is -2.88. The zero-order valence-electron chi connectivity index (χ0n) is 17.9. The minimum absolute atomic E-state index is 0.0425. The summed E-state index contributed by atoms with van der Waals surface area (Å²) in [5.41, 5.74) is 15.9. The lowest BCUT2D eigenvalue weighted by atomic mass is 9.73. The Kier molecular flexibility index (Phi) is 4.93. The minimum Gasteiger partial charge on any atom is -0.382 e. The van der Waals surface area contributed by atoms with E-state index in [0.717, 1.165) is 59.4 Å². The van der Waals surface area contributed by atoms with E-state index < -0.39 is 0 Å². The molecular formula is C23H23ClN8S. The number of pyridine rings is 2. The molecule has 5 heterocycles. The third kappa shape index (κ3) is 3.34. The first-order chi connectivity index (χ1) is 16.1. The second-order valence-electron chi connectivity index (χ2n) is 8.70. The van der Waals surface area contributed by atoms with Crippen LogP contribution in [0, 0.1) is 5.41 Å². The summed E-state index contributed by atoms with van der Waals surface area (Å²) in [6.45, 7) is 1.78. The number of nitrogens with two attached hydrogens (primary N) is 2. The average molecular weight is 479 g/mol. The smallest absolute Gasteiger partial charge is 0.211 e. The van der Waals surface area contributed by atoms with Gasteiger partial charge in [-0.2, -0.15) is 0 Å². The second-order valence-corrected chi connectivity index (χ2v) is 10.2. The maximum absolute atomic E-state index is 6.71. The molecule has 1 spiro atoms. The van der Waals surface area contributed by atoms with Crippen LogP contribution < -0.4 is 16.4 Å². The van der Waals surface area contributed by atoms with Gasteiger partial charge in [-0.25, -0.2) is 15.0 Å². The van der Waals surface area contributed by atoms with Gasteiger partial charge in [0.05, 0.1) is 9.92 Å². The van der Waals surface area contributed by atoms with Gasteiger partial charge >= 0.3 is 0 Å². The van der Waals surface area contributed by atoms with Crippen LogP contribution in [0.15, 0.2) is 59.0 Å². The lowest BCUT2D eigenvalue weighted by Crippen LogP contribution is -2.45. The third-order valence-electron chi connectivity index (χ3n) is 6.96. The lowest BCUT2D eigenvalue weighted by Gasteiger charge is -2.42. The predicted octanol–water partition coefficient (Wildman–Crippen LogP) is 3.75. The van der Waals surface area contributed by atoms with Gasteiger partial charge in [0.15, 0.2) is 5.65 Å². The number of nitrogens with zero attached hydrogens (tertiary/aromatic N) is 6. The zero-order valence-corrected chi connectivity index (χ0v) is 19.4. The van der Waals surface area contributed by atoms with Crippen molar-refractivity contribution < 1.29 is 0 Å². The van der Waals surface area contributed by atoms with E-state index in [-0.39, 0.29) is 11.5 Å². The molecule has 8 nitrogen and oxygen atoms in total. The van der Waals surface area contributed by atoms with Crippen LogP contribution in [0.5, 0.6) is 0 Å². The van der Waals surface area contributed by atoms with Crippen molar-refractivity contribution in [3.05, 3.63) is 65.5 Å². The summed E-state index contributed by atoms with van der Waals surface area (Å²) in [6.07, 6.45) is 12.1. The fourth-order valence-electron chi connectivity index (χ4n) is 5.12. The van der Waals surface area contributed by atoms with Crippen molar-refractivity contribution in [2.24, 2.45) is 11.1 Å². The monoisotopic (exact) mass is 478 g/mol. The maximum atomic E-state index is 6.71. The molecule has 1 saturated heterocycles. The Bertz CT molecular complexity index is 1350. The Balaban J connectivity index is 1.25. The quantitative estimate of drug-likeness (QED) is 0.458. The lowest BCUT2D eigenvalue weighted by molar-refractivity contribution is 0.186. The van der Waals surface area contributed by atoms with Crippen LogP contribution in [0.4, 0.5) is 11.8 Å². The Morgan fingerprint density at radius 3 is 2.70 bits per heavy atom. The third-order valence-corrected chi connectivity index (χ3v) is 8.53. The zero-order chi connectivity index (χ0) is 22.6. The molecule has 0 amide bonds. The number of anilines is 2. The molecule has 2 aliphatic rings. The predicted molar refractivity (Wildman–Crippen MR) is 130 cm³/mol. The van der Waals surface area contributed by atoms with Crippen molar-refractivity contribution in [1.29, 1.82) is 0 Å². The number of imidazole rings is 1. The molecule has 0 radical (unpaired) electrons. The highest BCUT2D eigenvalue weighted by Crippen LogP contribution is 2.50. The number of fused-ring (bicyclic) bond motifs is 2. The number of aromatic nitrogens is 5. The van der Waals surface area contributed by atoms with E-state index in [0.29, 0.717) is 10.8 Å². The fraction of sp³-hybridized carbons (Fsp3) is 0.304. The second kappa shape index (κ2) is 7.86. The van der Waals surface area contributed by atoms with Crippen LogP contribution in [0.25, 0.3) is 5.65 Å². The highest BCUT2D eigenvalue weighted by atomic mass is 35.5. The van der Waals surface area contributed by atoms with E-state index in [9.17, 15) is 0 Å². The van der Waals surface area contributed by atoms with Crippen molar-refractivity contribution in [3.8, 4) is 0 Å². The van der Waals surface area contributed by atoms with Gasteiger partial charge < -0.3 is 16.4 Å². The summed E-state index contributed by atoms with van der Waals surface area (Å²) in [4.78, 5) is 22.1. The van der Waals surface area contributed by atoms with Crippen molar-refractivity contribution in [2.45, 2.75) is 35.1 Å². The maximum Gasteiger partial charge on any atom is 0.211 e. The number of halogens is 1. The van der Waals surface area contributed by atoms with E-state index in [2.05, 4.69) is 25.9 Å². The molecule has 1 aliphatic carbocycles.